The Morgan fingerprint density at radius 1 is 1.16 bits per heavy atom. The second-order valence-electron chi connectivity index (χ2n) is 5.02. The Hall–Kier alpha value is -2.51. The predicted molar refractivity (Wildman–Crippen MR) is 67.0 cm³/mol. The van der Waals surface area contributed by atoms with Crippen LogP contribution in [0, 0.1) is 20.2 Å². The van der Waals surface area contributed by atoms with Gasteiger partial charge in [0.25, 0.3) is 11.4 Å². The SMILES string of the molecule is CC(C)(C)c1c(C(N)=O)cc([N+](=O)[O-])cc1[N+](=O)[O-]. The molecule has 0 aliphatic rings. The molecule has 1 aromatic rings. The summed E-state index contributed by atoms with van der Waals surface area (Å²) in [4.78, 5) is 31.6. The van der Waals surface area contributed by atoms with E-state index in [1.54, 1.807) is 20.8 Å². The van der Waals surface area contributed by atoms with Crippen molar-refractivity contribution in [1.29, 1.82) is 0 Å². The molecule has 102 valence electrons. The van der Waals surface area contributed by atoms with Gasteiger partial charge >= 0.3 is 0 Å². The van der Waals surface area contributed by atoms with E-state index in [0.717, 1.165) is 12.1 Å². The lowest BCUT2D eigenvalue weighted by Gasteiger charge is -2.21. The molecule has 0 fully saturated rings. The van der Waals surface area contributed by atoms with E-state index in [9.17, 15) is 25.0 Å². The van der Waals surface area contributed by atoms with Crippen molar-refractivity contribution >= 4 is 17.3 Å². The number of hydrogen-bond donors (Lipinski definition) is 1. The molecule has 19 heavy (non-hydrogen) atoms. The third-order valence-corrected chi connectivity index (χ3v) is 2.53. The second-order valence-corrected chi connectivity index (χ2v) is 5.02. The van der Waals surface area contributed by atoms with Crippen molar-refractivity contribution < 1.29 is 14.6 Å². The molecular weight excluding hydrogens is 254 g/mol. The number of nitro benzene ring substituents is 2. The first-order chi connectivity index (χ1) is 8.55. The number of primary amides is 1. The van der Waals surface area contributed by atoms with Gasteiger partial charge in [-0.1, -0.05) is 20.8 Å². The van der Waals surface area contributed by atoms with Gasteiger partial charge in [-0.05, 0) is 5.41 Å². The lowest BCUT2D eigenvalue weighted by atomic mass is 9.82. The summed E-state index contributed by atoms with van der Waals surface area (Å²) < 4.78 is 0. The first kappa shape index (κ1) is 14.6. The van der Waals surface area contributed by atoms with Crippen LogP contribution in [0.3, 0.4) is 0 Å². The summed E-state index contributed by atoms with van der Waals surface area (Å²) in [6, 6.07) is 1.81. The van der Waals surface area contributed by atoms with Crippen LogP contribution in [0.25, 0.3) is 0 Å². The van der Waals surface area contributed by atoms with Crippen LogP contribution in [0.4, 0.5) is 11.4 Å². The molecule has 0 heterocycles. The number of non-ortho nitro benzene ring substituents is 1. The van der Waals surface area contributed by atoms with Crippen molar-refractivity contribution in [2.24, 2.45) is 5.73 Å². The molecule has 0 spiro atoms. The fraction of sp³-hybridized carbons (Fsp3) is 0.364. The fourth-order valence-corrected chi connectivity index (χ4v) is 1.84. The minimum Gasteiger partial charge on any atom is -0.366 e. The maximum absolute atomic E-state index is 11.4. The van der Waals surface area contributed by atoms with Crippen LogP contribution < -0.4 is 5.73 Å². The normalized spacial score (nSPS) is 11.1. The molecule has 1 rings (SSSR count). The summed E-state index contributed by atoms with van der Waals surface area (Å²) in [5.41, 5.74) is 3.30. The van der Waals surface area contributed by atoms with Crippen molar-refractivity contribution in [2.45, 2.75) is 26.2 Å². The molecule has 2 N–H and O–H groups in total. The van der Waals surface area contributed by atoms with Crippen molar-refractivity contribution in [2.75, 3.05) is 0 Å². The topological polar surface area (TPSA) is 129 Å². The number of nitrogens with zero attached hydrogens (tertiary/aromatic N) is 2. The third-order valence-electron chi connectivity index (χ3n) is 2.53. The molecule has 0 saturated carbocycles. The van der Waals surface area contributed by atoms with Gasteiger partial charge in [0, 0.05) is 11.6 Å². The third kappa shape index (κ3) is 2.84. The van der Waals surface area contributed by atoms with Gasteiger partial charge in [0.1, 0.15) is 0 Å². The molecule has 0 aliphatic heterocycles. The number of rotatable bonds is 3. The lowest BCUT2D eigenvalue weighted by molar-refractivity contribution is -0.394. The molecule has 0 aromatic heterocycles. The van der Waals surface area contributed by atoms with Crippen LogP contribution in [0.15, 0.2) is 12.1 Å². The van der Waals surface area contributed by atoms with Crippen molar-refractivity contribution in [1.82, 2.24) is 0 Å². The van der Waals surface area contributed by atoms with E-state index in [1.165, 1.54) is 0 Å². The van der Waals surface area contributed by atoms with Crippen molar-refractivity contribution in [3.05, 3.63) is 43.5 Å². The predicted octanol–water partition coefficient (Wildman–Crippen LogP) is 1.90. The Morgan fingerprint density at radius 2 is 1.68 bits per heavy atom. The average molecular weight is 267 g/mol. The number of nitrogens with two attached hydrogens (primary N) is 1. The molecule has 8 heteroatoms. The number of hydrogen-bond acceptors (Lipinski definition) is 5. The molecule has 1 aromatic carbocycles. The van der Waals surface area contributed by atoms with Crippen LogP contribution in [0.1, 0.15) is 36.7 Å². The second kappa shape index (κ2) is 4.63. The first-order valence-electron chi connectivity index (χ1n) is 5.33. The number of nitro groups is 2. The molecule has 0 radical (unpaired) electrons. The number of carbonyl (C=O) groups is 1. The monoisotopic (exact) mass is 267 g/mol. The van der Waals surface area contributed by atoms with Crippen LogP contribution in [0.5, 0.6) is 0 Å². The summed E-state index contributed by atoms with van der Waals surface area (Å²) in [5.74, 6) is -0.934. The fourth-order valence-electron chi connectivity index (χ4n) is 1.84. The van der Waals surface area contributed by atoms with Crippen LogP contribution in [-0.2, 0) is 5.41 Å². The van der Waals surface area contributed by atoms with Gasteiger partial charge in [0.15, 0.2) is 0 Å². The van der Waals surface area contributed by atoms with Crippen LogP contribution in [0.2, 0.25) is 0 Å². The Balaban J connectivity index is 3.81. The Bertz CT molecular complexity index is 539. The molecule has 0 unspecified atom stereocenters. The van der Waals surface area contributed by atoms with Gasteiger partial charge in [-0.3, -0.25) is 25.0 Å². The Kier molecular flexibility index (Phi) is 3.55. The zero-order chi connectivity index (χ0) is 15.0. The smallest absolute Gasteiger partial charge is 0.280 e. The molecular formula is C11H13N3O5. The van der Waals surface area contributed by atoms with E-state index in [4.69, 9.17) is 5.73 Å². The van der Waals surface area contributed by atoms with Crippen molar-refractivity contribution in [3.63, 3.8) is 0 Å². The zero-order valence-electron chi connectivity index (χ0n) is 10.7. The first-order valence-corrected chi connectivity index (χ1v) is 5.33. The molecule has 0 aliphatic carbocycles. The molecule has 1 amide bonds. The number of benzene rings is 1. The standard InChI is InChI=1S/C11H13N3O5/c1-11(2,3)9-7(10(12)15)4-6(13(16)17)5-8(9)14(18)19/h4-5H,1-3H3,(H2,12,15). The van der Waals surface area contributed by atoms with E-state index in [2.05, 4.69) is 0 Å². The molecule has 0 atom stereocenters. The van der Waals surface area contributed by atoms with E-state index >= 15 is 0 Å². The van der Waals surface area contributed by atoms with Crippen LogP contribution >= 0.6 is 0 Å². The highest BCUT2D eigenvalue weighted by molar-refractivity contribution is 5.96. The van der Waals surface area contributed by atoms with Gasteiger partial charge in [0.05, 0.1) is 21.5 Å². The average Bonchev–Trinajstić information content (AvgIpc) is 2.25. The van der Waals surface area contributed by atoms with Crippen molar-refractivity contribution in [3.8, 4) is 0 Å². The molecule has 8 nitrogen and oxygen atoms in total. The van der Waals surface area contributed by atoms with E-state index in [-0.39, 0.29) is 11.1 Å². The minimum atomic E-state index is -0.934. The summed E-state index contributed by atoms with van der Waals surface area (Å²) in [6.07, 6.45) is 0. The maximum atomic E-state index is 11.4. The van der Waals surface area contributed by atoms with E-state index < -0.39 is 32.5 Å². The highest BCUT2D eigenvalue weighted by Crippen LogP contribution is 2.37. The summed E-state index contributed by atoms with van der Waals surface area (Å²) in [5, 5.41) is 21.8. The number of carbonyl (C=O) groups excluding carboxylic acids is 1. The minimum absolute atomic E-state index is 0.0931. The Labute approximate surface area is 108 Å². The van der Waals surface area contributed by atoms with Gasteiger partial charge in [-0.2, -0.15) is 0 Å². The maximum Gasteiger partial charge on any atom is 0.280 e. The number of amides is 1. The van der Waals surface area contributed by atoms with Gasteiger partial charge < -0.3 is 5.73 Å². The summed E-state index contributed by atoms with van der Waals surface area (Å²) in [7, 11) is 0. The van der Waals surface area contributed by atoms with Gasteiger partial charge in [0.2, 0.25) is 5.91 Å². The highest BCUT2D eigenvalue weighted by Gasteiger charge is 2.33. The quantitative estimate of drug-likeness (QED) is 0.660. The summed E-state index contributed by atoms with van der Waals surface area (Å²) >= 11 is 0. The lowest BCUT2D eigenvalue weighted by Crippen LogP contribution is -2.23. The van der Waals surface area contributed by atoms with E-state index in [0.29, 0.717) is 0 Å². The van der Waals surface area contributed by atoms with E-state index in [1.807, 2.05) is 0 Å². The van der Waals surface area contributed by atoms with Gasteiger partial charge in [-0.15, -0.1) is 0 Å². The largest absolute Gasteiger partial charge is 0.366 e. The molecule has 0 saturated heterocycles. The zero-order valence-corrected chi connectivity index (χ0v) is 10.7. The summed E-state index contributed by atoms with van der Waals surface area (Å²) in [6.45, 7) is 4.98. The highest BCUT2D eigenvalue weighted by atomic mass is 16.6. The molecule has 0 bridgehead atoms. The van der Waals surface area contributed by atoms with Crippen LogP contribution in [-0.4, -0.2) is 15.8 Å². The van der Waals surface area contributed by atoms with Gasteiger partial charge in [-0.25, -0.2) is 0 Å². The Morgan fingerprint density at radius 3 is 2.00 bits per heavy atom.